The summed E-state index contributed by atoms with van der Waals surface area (Å²) in [4.78, 5) is 2.02. The predicted octanol–water partition coefficient (Wildman–Crippen LogP) is 4.27. The maximum Gasteiger partial charge on any atom is 0.244 e. The second-order valence-electron chi connectivity index (χ2n) is 5.57. The third-order valence-corrected chi connectivity index (χ3v) is 6.31. The van der Waals surface area contributed by atoms with Gasteiger partial charge in [0.05, 0.1) is 5.02 Å². The van der Waals surface area contributed by atoms with Crippen LogP contribution in [-0.4, -0.2) is 33.4 Å². The number of rotatable bonds is 6. The number of anilines is 1. The average Bonchev–Trinajstić information content (AvgIpc) is 2.55. The van der Waals surface area contributed by atoms with Gasteiger partial charge in [-0.3, -0.25) is 0 Å². The highest BCUT2D eigenvalue weighted by molar-refractivity contribution is 7.89. The van der Waals surface area contributed by atoms with Gasteiger partial charge in [0.25, 0.3) is 0 Å². The van der Waals surface area contributed by atoms with E-state index in [1.54, 1.807) is 13.0 Å². The zero-order valence-electron chi connectivity index (χ0n) is 13.8. The van der Waals surface area contributed by atoms with E-state index in [0.29, 0.717) is 11.6 Å². The van der Waals surface area contributed by atoms with Gasteiger partial charge in [0, 0.05) is 37.9 Å². The van der Waals surface area contributed by atoms with Crippen LogP contribution in [0.25, 0.3) is 0 Å². The Morgan fingerprint density at radius 2 is 1.62 bits per heavy atom. The highest BCUT2D eigenvalue weighted by Crippen LogP contribution is 2.28. The topological polar surface area (TPSA) is 40.6 Å². The van der Waals surface area contributed by atoms with Crippen molar-refractivity contribution >= 4 is 38.9 Å². The zero-order chi connectivity index (χ0) is 17.9. The van der Waals surface area contributed by atoms with Gasteiger partial charge < -0.3 is 4.90 Å². The minimum atomic E-state index is -3.72. The third-order valence-electron chi connectivity index (χ3n) is 3.68. The standard InChI is InChI=1S/C17H20Cl2N2O2S/c1-4-21(12-13-5-8-15(9-6-13)20(2)3)24(22,23)17-11-14(18)7-10-16(17)19/h5-11H,4,12H2,1-3H3. The molecule has 0 aromatic heterocycles. The Hall–Kier alpha value is -1.27. The lowest BCUT2D eigenvalue weighted by molar-refractivity contribution is 0.423. The molecule has 0 saturated heterocycles. The SMILES string of the molecule is CCN(Cc1ccc(N(C)C)cc1)S(=O)(=O)c1cc(Cl)ccc1Cl. The fourth-order valence-electron chi connectivity index (χ4n) is 2.28. The Labute approximate surface area is 153 Å². The van der Waals surface area contributed by atoms with Crippen LogP contribution in [0.5, 0.6) is 0 Å². The minimum absolute atomic E-state index is 0.0310. The van der Waals surface area contributed by atoms with E-state index in [-0.39, 0.29) is 16.5 Å². The molecule has 0 amide bonds. The molecule has 2 rings (SSSR count). The molecule has 7 heteroatoms. The molecule has 24 heavy (non-hydrogen) atoms. The molecule has 2 aromatic rings. The maximum atomic E-state index is 12.9. The number of sulfonamides is 1. The van der Waals surface area contributed by atoms with E-state index in [4.69, 9.17) is 23.2 Å². The van der Waals surface area contributed by atoms with E-state index in [2.05, 4.69) is 0 Å². The molecule has 0 unspecified atom stereocenters. The second-order valence-corrected chi connectivity index (χ2v) is 8.32. The highest BCUT2D eigenvalue weighted by Gasteiger charge is 2.26. The maximum absolute atomic E-state index is 12.9. The summed E-state index contributed by atoms with van der Waals surface area (Å²) in [5.74, 6) is 0. The van der Waals surface area contributed by atoms with Crippen molar-refractivity contribution in [3.8, 4) is 0 Å². The first-order valence-corrected chi connectivity index (χ1v) is 9.66. The van der Waals surface area contributed by atoms with Crippen molar-refractivity contribution in [1.29, 1.82) is 0 Å². The van der Waals surface area contributed by atoms with Gasteiger partial charge in [-0.25, -0.2) is 8.42 Å². The van der Waals surface area contributed by atoms with Gasteiger partial charge in [-0.1, -0.05) is 42.3 Å². The Bertz CT molecular complexity index is 806. The largest absolute Gasteiger partial charge is 0.378 e. The number of hydrogen-bond donors (Lipinski definition) is 0. The lowest BCUT2D eigenvalue weighted by atomic mass is 10.2. The summed E-state index contributed by atoms with van der Waals surface area (Å²) in [5.41, 5.74) is 1.96. The summed E-state index contributed by atoms with van der Waals surface area (Å²) in [5, 5.41) is 0.505. The van der Waals surface area contributed by atoms with E-state index >= 15 is 0 Å². The lowest BCUT2D eigenvalue weighted by Crippen LogP contribution is -2.30. The fourth-order valence-corrected chi connectivity index (χ4v) is 4.46. The summed E-state index contributed by atoms with van der Waals surface area (Å²) in [6.07, 6.45) is 0. The molecular formula is C17H20Cl2N2O2S. The van der Waals surface area contributed by atoms with Crippen LogP contribution in [0, 0.1) is 0 Å². The van der Waals surface area contributed by atoms with Crippen LogP contribution in [0.2, 0.25) is 10.0 Å². The Morgan fingerprint density at radius 3 is 2.17 bits per heavy atom. The molecule has 0 aliphatic rings. The van der Waals surface area contributed by atoms with Gasteiger partial charge in [-0.2, -0.15) is 4.31 Å². The van der Waals surface area contributed by atoms with Gasteiger partial charge in [0.1, 0.15) is 4.90 Å². The molecular weight excluding hydrogens is 367 g/mol. The molecule has 2 aromatic carbocycles. The van der Waals surface area contributed by atoms with Gasteiger partial charge in [0.15, 0.2) is 0 Å². The van der Waals surface area contributed by atoms with Crippen LogP contribution in [0.1, 0.15) is 12.5 Å². The quantitative estimate of drug-likeness (QED) is 0.743. The Kier molecular flexibility index (Phi) is 6.15. The molecule has 4 nitrogen and oxygen atoms in total. The monoisotopic (exact) mass is 386 g/mol. The van der Waals surface area contributed by atoms with Crippen LogP contribution in [0.15, 0.2) is 47.4 Å². The van der Waals surface area contributed by atoms with Crippen LogP contribution < -0.4 is 4.90 Å². The first-order valence-electron chi connectivity index (χ1n) is 7.47. The smallest absolute Gasteiger partial charge is 0.244 e. The third kappa shape index (κ3) is 4.22. The number of hydrogen-bond acceptors (Lipinski definition) is 3. The molecule has 0 radical (unpaired) electrons. The van der Waals surface area contributed by atoms with Gasteiger partial charge >= 0.3 is 0 Å². The van der Waals surface area contributed by atoms with E-state index in [9.17, 15) is 8.42 Å². The summed E-state index contributed by atoms with van der Waals surface area (Å²) in [7, 11) is 0.192. The predicted molar refractivity (Wildman–Crippen MR) is 101 cm³/mol. The number of nitrogens with zero attached hydrogens (tertiary/aromatic N) is 2. The van der Waals surface area contributed by atoms with Gasteiger partial charge in [-0.05, 0) is 35.9 Å². The molecule has 0 atom stereocenters. The first-order chi connectivity index (χ1) is 11.3. The van der Waals surface area contributed by atoms with Crippen molar-refractivity contribution in [3.05, 3.63) is 58.1 Å². The van der Waals surface area contributed by atoms with Gasteiger partial charge in [0.2, 0.25) is 10.0 Å². The van der Waals surface area contributed by atoms with E-state index in [1.807, 2.05) is 43.3 Å². The molecule has 0 aliphatic heterocycles. The first kappa shape index (κ1) is 19.1. The van der Waals surface area contributed by atoms with Crippen molar-refractivity contribution in [3.63, 3.8) is 0 Å². The lowest BCUT2D eigenvalue weighted by Gasteiger charge is -2.22. The molecule has 0 bridgehead atoms. The summed E-state index contributed by atoms with van der Waals surface area (Å²) in [6.45, 7) is 2.40. The normalized spacial score (nSPS) is 11.8. The molecule has 130 valence electrons. The highest BCUT2D eigenvalue weighted by atomic mass is 35.5. The van der Waals surface area contributed by atoms with Crippen molar-refractivity contribution in [2.75, 3.05) is 25.5 Å². The van der Waals surface area contributed by atoms with Crippen LogP contribution in [-0.2, 0) is 16.6 Å². The van der Waals surface area contributed by atoms with E-state index in [1.165, 1.54) is 16.4 Å². The van der Waals surface area contributed by atoms with Crippen molar-refractivity contribution in [1.82, 2.24) is 4.31 Å². The number of benzene rings is 2. The summed E-state index contributed by atoms with van der Waals surface area (Å²) >= 11 is 12.0. The minimum Gasteiger partial charge on any atom is -0.378 e. The zero-order valence-corrected chi connectivity index (χ0v) is 16.2. The molecule has 0 N–H and O–H groups in total. The average molecular weight is 387 g/mol. The molecule has 0 spiro atoms. The summed E-state index contributed by atoms with van der Waals surface area (Å²) in [6, 6.07) is 12.2. The Morgan fingerprint density at radius 1 is 1.00 bits per heavy atom. The van der Waals surface area contributed by atoms with Crippen LogP contribution in [0.4, 0.5) is 5.69 Å². The van der Waals surface area contributed by atoms with Crippen LogP contribution >= 0.6 is 23.2 Å². The van der Waals surface area contributed by atoms with Crippen LogP contribution in [0.3, 0.4) is 0 Å². The second kappa shape index (κ2) is 7.74. The number of halogens is 2. The fraction of sp³-hybridized carbons (Fsp3) is 0.294. The van der Waals surface area contributed by atoms with Gasteiger partial charge in [-0.15, -0.1) is 0 Å². The molecule has 0 heterocycles. The molecule has 0 saturated carbocycles. The molecule has 0 fully saturated rings. The van der Waals surface area contributed by atoms with E-state index < -0.39 is 10.0 Å². The van der Waals surface area contributed by atoms with Crippen molar-refractivity contribution in [2.24, 2.45) is 0 Å². The Balaban J connectivity index is 2.31. The van der Waals surface area contributed by atoms with Crippen molar-refractivity contribution in [2.45, 2.75) is 18.4 Å². The van der Waals surface area contributed by atoms with E-state index in [0.717, 1.165) is 11.3 Å². The van der Waals surface area contributed by atoms with Crippen molar-refractivity contribution < 1.29 is 8.42 Å². The summed E-state index contributed by atoms with van der Waals surface area (Å²) < 4.78 is 27.2. The molecule has 0 aliphatic carbocycles.